The predicted molar refractivity (Wildman–Crippen MR) is 135 cm³/mol. The Labute approximate surface area is 214 Å². The van der Waals surface area contributed by atoms with E-state index in [4.69, 9.17) is 27.6 Å². The average molecular weight is 557 g/mol. The molecular formula is C22H19Cl2N3O4S3. The summed E-state index contributed by atoms with van der Waals surface area (Å²) in [6.07, 6.45) is 2.71. The quantitative estimate of drug-likeness (QED) is 0.296. The highest BCUT2D eigenvalue weighted by Crippen LogP contribution is 2.36. The van der Waals surface area contributed by atoms with Gasteiger partial charge in [-0.15, -0.1) is 11.3 Å². The molecule has 1 aliphatic rings. The Bertz CT molecular complexity index is 1430. The van der Waals surface area contributed by atoms with Gasteiger partial charge in [0.05, 0.1) is 32.8 Å². The number of hydrogen-bond acceptors (Lipinski definition) is 7. The number of carbonyl (C=O) groups is 1. The fraction of sp³-hybridized carbons (Fsp3) is 0.273. The van der Waals surface area contributed by atoms with E-state index in [1.165, 1.54) is 21.7 Å². The third-order valence-electron chi connectivity index (χ3n) is 5.63. The number of carbonyl (C=O) groups excluding carboxylic acids is 1. The van der Waals surface area contributed by atoms with E-state index in [9.17, 15) is 13.2 Å². The normalized spacial score (nSPS) is 17.3. The Hall–Kier alpha value is -1.95. The summed E-state index contributed by atoms with van der Waals surface area (Å²) in [5.41, 5.74) is 0.629. The maximum absolute atomic E-state index is 13.8. The molecule has 34 heavy (non-hydrogen) atoms. The number of hydrogen-bond donors (Lipinski definition) is 0. The van der Waals surface area contributed by atoms with E-state index < -0.39 is 15.9 Å². The molecule has 0 saturated carbocycles. The number of benzene rings is 1. The van der Waals surface area contributed by atoms with Crippen LogP contribution in [0.1, 0.15) is 18.6 Å². The third-order valence-corrected chi connectivity index (χ3v) is 10.5. The van der Waals surface area contributed by atoms with Crippen molar-refractivity contribution in [3.63, 3.8) is 0 Å². The van der Waals surface area contributed by atoms with Crippen molar-refractivity contribution in [2.75, 3.05) is 18.0 Å². The predicted octanol–water partition coefficient (Wildman–Crippen LogP) is 5.89. The van der Waals surface area contributed by atoms with E-state index in [2.05, 4.69) is 4.98 Å². The van der Waals surface area contributed by atoms with Crippen molar-refractivity contribution < 1.29 is 17.6 Å². The minimum absolute atomic E-state index is 0.0942. The highest BCUT2D eigenvalue weighted by atomic mass is 35.5. The molecule has 178 valence electrons. The van der Waals surface area contributed by atoms with Gasteiger partial charge < -0.3 is 4.42 Å². The van der Waals surface area contributed by atoms with Crippen molar-refractivity contribution in [1.82, 2.24) is 9.29 Å². The van der Waals surface area contributed by atoms with Crippen molar-refractivity contribution in [3.8, 4) is 0 Å². The van der Waals surface area contributed by atoms with Crippen molar-refractivity contribution in [3.05, 3.63) is 63.8 Å². The van der Waals surface area contributed by atoms with Gasteiger partial charge in [-0.1, -0.05) is 40.6 Å². The molecule has 12 heteroatoms. The second kappa shape index (κ2) is 9.60. The molecule has 1 atom stereocenters. The molecule has 0 aliphatic carbocycles. The molecule has 1 unspecified atom stereocenters. The first kappa shape index (κ1) is 23.8. The number of thiazole rings is 1. The van der Waals surface area contributed by atoms with Crippen molar-refractivity contribution in [1.29, 1.82) is 0 Å². The van der Waals surface area contributed by atoms with Crippen LogP contribution in [0.2, 0.25) is 9.36 Å². The average Bonchev–Trinajstić information content (AvgIpc) is 3.58. The van der Waals surface area contributed by atoms with E-state index in [1.54, 1.807) is 35.4 Å². The van der Waals surface area contributed by atoms with E-state index in [-0.39, 0.29) is 23.2 Å². The summed E-state index contributed by atoms with van der Waals surface area (Å²) in [7, 11) is -3.73. The highest BCUT2D eigenvalue weighted by molar-refractivity contribution is 7.91. The minimum Gasteiger partial charge on any atom is -0.467 e. The monoisotopic (exact) mass is 555 g/mol. The van der Waals surface area contributed by atoms with Gasteiger partial charge in [0.1, 0.15) is 15.5 Å². The van der Waals surface area contributed by atoms with E-state index in [0.29, 0.717) is 45.2 Å². The van der Waals surface area contributed by atoms with Crippen LogP contribution >= 0.6 is 45.9 Å². The van der Waals surface area contributed by atoms with Gasteiger partial charge in [-0.05, 0) is 49.2 Å². The Kier molecular flexibility index (Phi) is 6.71. The molecule has 3 aromatic heterocycles. The van der Waals surface area contributed by atoms with Crippen LogP contribution in [0.3, 0.4) is 0 Å². The molecule has 0 radical (unpaired) electrons. The second-order valence-corrected chi connectivity index (χ2v) is 13.1. The Balaban J connectivity index is 1.45. The first-order valence-electron chi connectivity index (χ1n) is 10.5. The number of fused-ring (bicyclic) bond motifs is 1. The summed E-state index contributed by atoms with van der Waals surface area (Å²) in [5, 5.41) is 1.00. The SMILES string of the molecule is O=C(C1CCCN(S(=O)(=O)c2ccc(Cl)s2)C1)N(Cc1ccco1)c1nc2c(Cl)cccc2s1. The Morgan fingerprint density at radius 3 is 2.74 bits per heavy atom. The Morgan fingerprint density at radius 1 is 1.18 bits per heavy atom. The topological polar surface area (TPSA) is 83.7 Å². The third kappa shape index (κ3) is 4.62. The largest absolute Gasteiger partial charge is 0.467 e. The number of furan rings is 1. The molecule has 1 saturated heterocycles. The number of aromatic nitrogens is 1. The van der Waals surface area contributed by atoms with E-state index >= 15 is 0 Å². The molecule has 7 nitrogen and oxygen atoms in total. The van der Waals surface area contributed by atoms with Crippen molar-refractivity contribution >= 4 is 77.2 Å². The zero-order chi connectivity index (χ0) is 23.9. The first-order chi connectivity index (χ1) is 16.3. The van der Waals surface area contributed by atoms with Gasteiger partial charge in [0.2, 0.25) is 5.91 Å². The van der Waals surface area contributed by atoms with Crippen LogP contribution in [0, 0.1) is 5.92 Å². The van der Waals surface area contributed by atoms with Crippen LogP contribution in [0.15, 0.2) is 57.4 Å². The molecule has 0 bridgehead atoms. The zero-order valence-electron chi connectivity index (χ0n) is 17.7. The standard InChI is InChI=1S/C22H19Cl2N3O4S3/c23-16-6-1-7-17-20(16)25-22(32-17)27(13-15-5-3-11-31-15)21(28)14-4-2-10-26(12-14)34(29,30)19-9-8-18(24)33-19/h1,3,5-9,11,14H,2,4,10,12-13H2. The van der Waals surface area contributed by atoms with Crippen LogP contribution < -0.4 is 4.90 Å². The number of para-hydroxylation sites is 1. The van der Waals surface area contributed by atoms with Crippen LogP contribution in [0.4, 0.5) is 5.13 Å². The summed E-state index contributed by atoms with van der Waals surface area (Å²) in [6, 6.07) is 12.1. The van der Waals surface area contributed by atoms with Gasteiger partial charge in [-0.25, -0.2) is 13.4 Å². The van der Waals surface area contributed by atoms with Crippen molar-refractivity contribution in [2.24, 2.45) is 5.92 Å². The number of amides is 1. The number of rotatable bonds is 6. The lowest BCUT2D eigenvalue weighted by atomic mass is 9.98. The molecule has 1 fully saturated rings. The lowest BCUT2D eigenvalue weighted by molar-refractivity contribution is -0.123. The number of thiophene rings is 1. The van der Waals surface area contributed by atoms with Crippen LogP contribution in [-0.2, 0) is 21.4 Å². The van der Waals surface area contributed by atoms with Gasteiger partial charge >= 0.3 is 0 Å². The summed E-state index contributed by atoms with van der Waals surface area (Å²) in [4.78, 5) is 20.0. The molecule has 0 N–H and O–H groups in total. The molecule has 1 aliphatic heterocycles. The lowest BCUT2D eigenvalue weighted by Gasteiger charge is -2.33. The number of nitrogens with zero attached hydrogens (tertiary/aromatic N) is 3. The van der Waals surface area contributed by atoms with E-state index in [1.807, 2.05) is 12.1 Å². The van der Waals surface area contributed by atoms with Gasteiger partial charge in [-0.3, -0.25) is 9.69 Å². The smallest absolute Gasteiger partial charge is 0.252 e. The highest BCUT2D eigenvalue weighted by Gasteiger charge is 2.37. The minimum atomic E-state index is -3.73. The molecule has 4 aromatic rings. The molecule has 0 spiro atoms. The number of sulfonamides is 1. The molecule has 5 rings (SSSR count). The number of anilines is 1. The zero-order valence-corrected chi connectivity index (χ0v) is 21.6. The van der Waals surface area contributed by atoms with Crippen LogP contribution in [0.5, 0.6) is 0 Å². The van der Waals surface area contributed by atoms with Gasteiger partial charge in [-0.2, -0.15) is 4.31 Å². The first-order valence-corrected chi connectivity index (χ1v) is 14.3. The van der Waals surface area contributed by atoms with Gasteiger partial charge in [0.25, 0.3) is 10.0 Å². The molecule has 1 amide bonds. The van der Waals surface area contributed by atoms with Gasteiger partial charge in [0, 0.05) is 13.1 Å². The van der Waals surface area contributed by atoms with Crippen LogP contribution in [0.25, 0.3) is 10.2 Å². The fourth-order valence-electron chi connectivity index (χ4n) is 3.96. The fourth-order valence-corrected chi connectivity index (χ4v) is 8.39. The second-order valence-electron chi connectivity index (χ2n) is 7.85. The van der Waals surface area contributed by atoms with E-state index in [0.717, 1.165) is 16.0 Å². The van der Waals surface area contributed by atoms with Crippen molar-refractivity contribution in [2.45, 2.75) is 23.6 Å². The van der Waals surface area contributed by atoms with Crippen LogP contribution in [-0.4, -0.2) is 36.7 Å². The maximum Gasteiger partial charge on any atom is 0.252 e. The molecule has 1 aromatic carbocycles. The number of halogens is 2. The molecular weight excluding hydrogens is 537 g/mol. The summed E-state index contributed by atoms with van der Waals surface area (Å²) >= 11 is 14.7. The van der Waals surface area contributed by atoms with Gasteiger partial charge in [0.15, 0.2) is 5.13 Å². The molecule has 4 heterocycles. The number of piperidine rings is 1. The summed E-state index contributed by atoms with van der Waals surface area (Å²) in [5.74, 6) is -0.112. The summed E-state index contributed by atoms with van der Waals surface area (Å²) < 4.78 is 34.6. The maximum atomic E-state index is 13.8. The summed E-state index contributed by atoms with van der Waals surface area (Å²) in [6.45, 7) is 0.639. The lowest BCUT2D eigenvalue weighted by Crippen LogP contribution is -2.46. The Morgan fingerprint density at radius 2 is 2.03 bits per heavy atom.